The molecule has 1 amide bonds. The maximum Gasteiger partial charge on any atom is 0.256 e. The van der Waals surface area contributed by atoms with Crippen molar-refractivity contribution in [3.63, 3.8) is 0 Å². The van der Waals surface area contributed by atoms with E-state index in [-0.39, 0.29) is 11.5 Å². The number of fused-ring (bicyclic) bond motifs is 1. The second-order valence-corrected chi connectivity index (χ2v) is 5.95. The number of hydrogen-bond donors (Lipinski definition) is 0. The first-order valence-corrected chi connectivity index (χ1v) is 8.10. The summed E-state index contributed by atoms with van der Waals surface area (Å²) in [6.07, 6.45) is 3.54. The number of piperazine rings is 1. The molecule has 0 unspecified atom stereocenters. The topological polar surface area (TPSA) is 66.6 Å². The number of halogens is 1. The third-order valence-corrected chi connectivity index (χ3v) is 4.45. The maximum absolute atomic E-state index is 13.8. The third kappa shape index (κ3) is 2.69. The van der Waals surface area contributed by atoms with E-state index in [4.69, 9.17) is 0 Å². The lowest BCUT2D eigenvalue weighted by atomic mass is 10.1. The summed E-state index contributed by atoms with van der Waals surface area (Å²) >= 11 is 0. The predicted octanol–water partition coefficient (Wildman–Crippen LogP) is 1.53. The summed E-state index contributed by atoms with van der Waals surface area (Å²) < 4.78 is 15.7. The molecule has 3 aromatic rings. The van der Waals surface area contributed by atoms with Gasteiger partial charge in [0.15, 0.2) is 5.82 Å². The van der Waals surface area contributed by atoms with Crippen LogP contribution in [0.4, 0.5) is 10.2 Å². The van der Waals surface area contributed by atoms with Crippen molar-refractivity contribution in [2.75, 3.05) is 31.1 Å². The number of aromatic nitrogens is 4. The lowest BCUT2D eigenvalue weighted by Gasteiger charge is -2.35. The second-order valence-electron chi connectivity index (χ2n) is 5.95. The predicted molar refractivity (Wildman–Crippen MR) is 90.0 cm³/mol. The molecule has 0 spiro atoms. The lowest BCUT2D eigenvalue weighted by Crippen LogP contribution is -2.49. The molecule has 1 aromatic carbocycles. The Morgan fingerprint density at radius 2 is 1.88 bits per heavy atom. The molecule has 1 aliphatic heterocycles. The molecule has 0 radical (unpaired) electrons. The molecule has 0 saturated carbocycles. The van der Waals surface area contributed by atoms with Crippen molar-refractivity contribution < 1.29 is 9.18 Å². The van der Waals surface area contributed by atoms with Gasteiger partial charge in [0.1, 0.15) is 11.6 Å². The highest BCUT2D eigenvalue weighted by atomic mass is 19.1. The van der Waals surface area contributed by atoms with Crippen LogP contribution in [0.15, 0.2) is 36.7 Å². The van der Waals surface area contributed by atoms with Gasteiger partial charge >= 0.3 is 0 Å². The second kappa shape index (κ2) is 6.12. The molecule has 7 nitrogen and oxygen atoms in total. The van der Waals surface area contributed by atoms with E-state index < -0.39 is 5.82 Å². The zero-order chi connectivity index (χ0) is 17.4. The van der Waals surface area contributed by atoms with Gasteiger partial charge in [0.05, 0.1) is 5.56 Å². The third-order valence-electron chi connectivity index (χ3n) is 4.45. The van der Waals surface area contributed by atoms with Crippen LogP contribution in [0.1, 0.15) is 16.2 Å². The Labute approximate surface area is 143 Å². The number of nitrogens with zero attached hydrogens (tertiary/aromatic N) is 6. The highest BCUT2D eigenvalue weighted by Crippen LogP contribution is 2.20. The van der Waals surface area contributed by atoms with E-state index in [1.165, 1.54) is 12.1 Å². The van der Waals surface area contributed by atoms with Crippen LogP contribution in [0.2, 0.25) is 0 Å². The first kappa shape index (κ1) is 15.5. The summed E-state index contributed by atoms with van der Waals surface area (Å²) in [4.78, 5) is 20.7. The Morgan fingerprint density at radius 3 is 2.64 bits per heavy atom. The Hall–Kier alpha value is -3.03. The van der Waals surface area contributed by atoms with Gasteiger partial charge in [-0.05, 0) is 19.1 Å². The molecule has 128 valence electrons. The normalized spacial score (nSPS) is 15.0. The molecule has 2 aromatic heterocycles. The van der Waals surface area contributed by atoms with Gasteiger partial charge < -0.3 is 9.80 Å². The zero-order valence-electron chi connectivity index (χ0n) is 13.8. The van der Waals surface area contributed by atoms with Crippen molar-refractivity contribution in [2.45, 2.75) is 6.92 Å². The molecule has 1 saturated heterocycles. The molecule has 0 aliphatic carbocycles. The smallest absolute Gasteiger partial charge is 0.256 e. The van der Waals surface area contributed by atoms with E-state index in [0.717, 1.165) is 11.6 Å². The number of benzene rings is 1. The Balaban J connectivity index is 1.51. The van der Waals surface area contributed by atoms with E-state index in [0.29, 0.717) is 31.8 Å². The van der Waals surface area contributed by atoms with Crippen molar-refractivity contribution in [1.29, 1.82) is 0 Å². The Kier molecular flexibility index (Phi) is 3.79. The summed E-state index contributed by atoms with van der Waals surface area (Å²) in [6.45, 7) is 4.11. The summed E-state index contributed by atoms with van der Waals surface area (Å²) in [5.74, 6) is 0.788. The fourth-order valence-corrected chi connectivity index (χ4v) is 3.08. The first-order valence-electron chi connectivity index (χ1n) is 8.10. The molecule has 1 aliphatic rings. The van der Waals surface area contributed by atoms with E-state index in [1.807, 2.05) is 17.5 Å². The van der Waals surface area contributed by atoms with E-state index >= 15 is 0 Å². The van der Waals surface area contributed by atoms with Crippen molar-refractivity contribution in [3.8, 4) is 0 Å². The SMILES string of the molecule is Cc1nnc2c(N3CCN(C(=O)c4ccccc4F)CC3)nccn12. The Bertz CT molecular complexity index is 932. The fourth-order valence-electron chi connectivity index (χ4n) is 3.08. The minimum atomic E-state index is -0.486. The van der Waals surface area contributed by atoms with Crippen LogP contribution in [0, 0.1) is 12.7 Å². The first-order chi connectivity index (χ1) is 12.1. The summed E-state index contributed by atoms with van der Waals surface area (Å²) in [7, 11) is 0. The molecular weight excluding hydrogens is 323 g/mol. The largest absolute Gasteiger partial charge is 0.350 e. The van der Waals surface area contributed by atoms with Gasteiger partial charge in [0.2, 0.25) is 5.65 Å². The molecule has 0 atom stereocenters. The molecule has 0 bridgehead atoms. The molecule has 4 rings (SSSR count). The number of carbonyl (C=O) groups excluding carboxylic acids is 1. The summed E-state index contributed by atoms with van der Waals surface area (Å²) in [5.41, 5.74) is 0.818. The number of anilines is 1. The van der Waals surface area contributed by atoms with Crippen LogP contribution in [0.5, 0.6) is 0 Å². The van der Waals surface area contributed by atoms with Crippen molar-refractivity contribution >= 4 is 17.4 Å². The van der Waals surface area contributed by atoms with Crippen LogP contribution in [0.25, 0.3) is 5.65 Å². The van der Waals surface area contributed by atoms with Gasteiger partial charge in [-0.25, -0.2) is 9.37 Å². The van der Waals surface area contributed by atoms with Gasteiger partial charge in [0.25, 0.3) is 5.91 Å². The van der Waals surface area contributed by atoms with Gasteiger partial charge in [-0.3, -0.25) is 9.20 Å². The van der Waals surface area contributed by atoms with Crippen molar-refractivity contribution in [3.05, 3.63) is 53.9 Å². The maximum atomic E-state index is 13.8. The summed E-state index contributed by atoms with van der Waals surface area (Å²) in [6, 6.07) is 6.08. The van der Waals surface area contributed by atoms with E-state index in [9.17, 15) is 9.18 Å². The van der Waals surface area contributed by atoms with Crippen LogP contribution < -0.4 is 4.90 Å². The fraction of sp³-hybridized carbons (Fsp3) is 0.294. The molecule has 8 heteroatoms. The average Bonchev–Trinajstić information content (AvgIpc) is 3.03. The van der Waals surface area contributed by atoms with Gasteiger partial charge in [0, 0.05) is 38.6 Å². The van der Waals surface area contributed by atoms with Crippen LogP contribution in [0.3, 0.4) is 0 Å². The number of rotatable bonds is 2. The van der Waals surface area contributed by atoms with Crippen molar-refractivity contribution in [1.82, 2.24) is 24.5 Å². The highest BCUT2D eigenvalue weighted by Gasteiger charge is 2.26. The minimum Gasteiger partial charge on any atom is -0.350 e. The number of carbonyl (C=O) groups is 1. The number of aryl methyl sites for hydroxylation is 1. The molecular formula is C17H17FN6O. The number of amides is 1. The van der Waals surface area contributed by atoms with Crippen LogP contribution in [-0.2, 0) is 0 Å². The Morgan fingerprint density at radius 1 is 1.12 bits per heavy atom. The average molecular weight is 340 g/mol. The van der Waals surface area contributed by atoms with Crippen LogP contribution in [-0.4, -0.2) is 56.6 Å². The molecule has 0 N–H and O–H groups in total. The van der Waals surface area contributed by atoms with Gasteiger partial charge in [-0.2, -0.15) is 0 Å². The minimum absolute atomic E-state index is 0.115. The lowest BCUT2D eigenvalue weighted by molar-refractivity contribution is 0.0742. The van der Waals surface area contributed by atoms with E-state index in [1.54, 1.807) is 23.2 Å². The standard InChI is InChI=1S/C17H17FN6O/c1-12-20-21-16-15(19-6-7-24(12)16)22-8-10-23(11-9-22)17(25)13-4-2-3-5-14(13)18/h2-7H,8-11H2,1H3. The molecule has 1 fully saturated rings. The van der Waals surface area contributed by atoms with E-state index in [2.05, 4.69) is 20.1 Å². The van der Waals surface area contributed by atoms with Gasteiger partial charge in [-0.15, -0.1) is 10.2 Å². The van der Waals surface area contributed by atoms with Crippen LogP contribution >= 0.6 is 0 Å². The number of hydrogen-bond acceptors (Lipinski definition) is 5. The van der Waals surface area contributed by atoms with Crippen molar-refractivity contribution in [2.24, 2.45) is 0 Å². The molecule has 3 heterocycles. The zero-order valence-corrected chi connectivity index (χ0v) is 13.8. The quantitative estimate of drug-likeness (QED) is 0.708. The highest BCUT2D eigenvalue weighted by molar-refractivity contribution is 5.94. The van der Waals surface area contributed by atoms with Gasteiger partial charge in [-0.1, -0.05) is 12.1 Å². The molecule has 25 heavy (non-hydrogen) atoms. The summed E-state index contributed by atoms with van der Waals surface area (Å²) in [5, 5.41) is 8.27. The monoisotopic (exact) mass is 340 g/mol.